The second-order valence-corrected chi connectivity index (χ2v) is 7.55. The van der Waals surface area contributed by atoms with Gasteiger partial charge in [-0.05, 0) is 59.5 Å². The molecule has 4 nitrogen and oxygen atoms in total. The lowest BCUT2D eigenvalue weighted by Gasteiger charge is -2.42. The minimum absolute atomic E-state index is 0.382. The van der Waals surface area contributed by atoms with Gasteiger partial charge in [-0.15, -0.1) is 5.10 Å². The van der Waals surface area contributed by atoms with Gasteiger partial charge in [0.25, 0.3) is 0 Å². The third-order valence-electron chi connectivity index (χ3n) is 5.60. The fourth-order valence-corrected chi connectivity index (χ4v) is 5.16. The molecule has 4 unspecified atom stereocenters. The molecule has 0 aliphatic heterocycles. The number of rotatable bonds is 4. The van der Waals surface area contributed by atoms with Crippen molar-refractivity contribution in [1.29, 1.82) is 0 Å². The fourth-order valence-electron chi connectivity index (χ4n) is 4.59. The molecule has 0 saturated heterocycles. The Morgan fingerprint density at radius 3 is 2.67 bits per heavy atom. The molecule has 0 radical (unpaired) electrons. The van der Waals surface area contributed by atoms with Gasteiger partial charge in [0.15, 0.2) is 4.60 Å². The SMILES string of the molecule is CCNC(c1c(Br)nnn1C)C1CCC2CCCCC2C1. The van der Waals surface area contributed by atoms with Crippen LogP contribution in [0.5, 0.6) is 0 Å². The zero-order chi connectivity index (χ0) is 14.8. The average Bonchev–Trinajstić information content (AvgIpc) is 2.84. The molecule has 0 bridgehead atoms. The van der Waals surface area contributed by atoms with Gasteiger partial charge in [-0.25, -0.2) is 4.68 Å². The molecular formula is C16H27BrN4. The molecule has 21 heavy (non-hydrogen) atoms. The van der Waals surface area contributed by atoms with Gasteiger partial charge in [-0.3, -0.25) is 0 Å². The first kappa shape index (κ1) is 15.5. The Labute approximate surface area is 136 Å². The Balaban J connectivity index is 1.78. The summed E-state index contributed by atoms with van der Waals surface area (Å²) in [6.07, 6.45) is 9.96. The summed E-state index contributed by atoms with van der Waals surface area (Å²) in [5, 5.41) is 12.1. The van der Waals surface area contributed by atoms with Gasteiger partial charge < -0.3 is 5.32 Å². The Bertz CT molecular complexity index is 453. The molecule has 1 heterocycles. The largest absolute Gasteiger partial charge is 0.309 e. The van der Waals surface area contributed by atoms with Crippen LogP contribution in [0.2, 0.25) is 0 Å². The number of aryl methyl sites for hydroxylation is 1. The van der Waals surface area contributed by atoms with E-state index in [4.69, 9.17) is 0 Å². The highest BCUT2D eigenvalue weighted by Crippen LogP contribution is 2.46. The lowest BCUT2D eigenvalue weighted by Crippen LogP contribution is -2.36. The number of hydrogen-bond acceptors (Lipinski definition) is 3. The molecule has 3 rings (SSSR count). The van der Waals surface area contributed by atoms with Gasteiger partial charge in [-0.2, -0.15) is 0 Å². The summed E-state index contributed by atoms with van der Waals surface area (Å²) in [5.74, 6) is 2.68. The smallest absolute Gasteiger partial charge is 0.153 e. The van der Waals surface area contributed by atoms with E-state index in [2.05, 4.69) is 38.5 Å². The topological polar surface area (TPSA) is 42.7 Å². The summed E-state index contributed by atoms with van der Waals surface area (Å²) in [7, 11) is 2.00. The lowest BCUT2D eigenvalue weighted by atomic mass is 9.66. The van der Waals surface area contributed by atoms with Gasteiger partial charge in [0.2, 0.25) is 0 Å². The molecule has 5 heteroatoms. The highest BCUT2D eigenvalue weighted by atomic mass is 79.9. The summed E-state index contributed by atoms with van der Waals surface area (Å²) in [6, 6.07) is 0.382. The maximum atomic E-state index is 4.19. The molecule has 2 saturated carbocycles. The van der Waals surface area contributed by atoms with E-state index in [1.54, 1.807) is 0 Å². The van der Waals surface area contributed by atoms with Gasteiger partial charge in [0.05, 0.1) is 11.7 Å². The maximum Gasteiger partial charge on any atom is 0.153 e. The van der Waals surface area contributed by atoms with Crippen LogP contribution in [0.1, 0.15) is 63.6 Å². The molecule has 1 aromatic heterocycles. The molecule has 0 spiro atoms. The molecular weight excluding hydrogens is 328 g/mol. The van der Waals surface area contributed by atoms with Crippen LogP contribution < -0.4 is 5.32 Å². The Hall–Kier alpha value is -0.420. The van der Waals surface area contributed by atoms with Crippen LogP contribution in [0.15, 0.2) is 4.60 Å². The van der Waals surface area contributed by atoms with Gasteiger partial charge >= 0.3 is 0 Å². The molecule has 2 aliphatic carbocycles. The predicted molar refractivity (Wildman–Crippen MR) is 87.9 cm³/mol. The monoisotopic (exact) mass is 354 g/mol. The highest BCUT2D eigenvalue weighted by Gasteiger charge is 2.37. The number of hydrogen-bond donors (Lipinski definition) is 1. The molecule has 1 N–H and O–H groups in total. The van der Waals surface area contributed by atoms with Crippen molar-refractivity contribution >= 4 is 15.9 Å². The lowest BCUT2D eigenvalue weighted by molar-refractivity contribution is 0.108. The molecule has 118 valence electrons. The van der Waals surface area contributed by atoms with E-state index in [0.717, 1.165) is 28.9 Å². The van der Waals surface area contributed by atoms with E-state index in [0.29, 0.717) is 6.04 Å². The molecule has 2 aliphatic rings. The molecule has 4 atom stereocenters. The highest BCUT2D eigenvalue weighted by molar-refractivity contribution is 9.10. The third-order valence-corrected chi connectivity index (χ3v) is 6.16. The quantitative estimate of drug-likeness (QED) is 0.893. The molecule has 0 aromatic carbocycles. The van der Waals surface area contributed by atoms with Crippen LogP contribution in [-0.2, 0) is 7.05 Å². The van der Waals surface area contributed by atoms with E-state index < -0.39 is 0 Å². The van der Waals surface area contributed by atoms with Crippen LogP contribution in [0, 0.1) is 17.8 Å². The van der Waals surface area contributed by atoms with Gasteiger partial charge in [0.1, 0.15) is 0 Å². The average molecular weight is 355 g/mol. The van der Waals surface area contributed by atoms with Crippen LogP contribution in [-0.4, -0.2) is 21.5 Å². The third kappa shape index (κ3) is 3.19. The number of halogens is 1. The van der Waals surface area contributed by atoms with Gasteiger partial charge in [-0.1, -0.05) is 37.8 Å². The molecule has 0 amide bonds. The van der Waals surface area contributed by atoms with E-state index in [1.807, 2.05) is 11.7 Å². The van der Waals surface area contributed by atoms with Crippen LogP contribution in [0.25, 0.3) is 0 Å². The minimum Gasteiger partial charge on any atom is -0.309 e. The van der Waals surface area contributed by atoms with Crippen LogP contribution in [0.3, 0.4) is 0 Å². The van der Waals surface area contributed by atoms with Crippen LogP contribution >= 0.6 is 15.9 Å². The number of nitrogens with zero attached hydrogens (tertiary/aromatic N) is 3. The summed E-state index contributed by atoms with van der Waals surface area (Å²) in [5.41, 5.74) is 1.22. The Morgan fingerprint density at radius 2 is 2.00 bits per heavy atom. The van der Waals surface area contributed by atoms with Crippen molar-refractivity contribution < 1.29 is 0 Å². The second kappa shape index (κ2) is 6.78. The second-order valence-electron chi connectivity index (χ2n) is 6.80. The standard InChI is InChI=1S/C16H27BrN4/c1-3-18-14(15-16(17)19-20-21(15)2)13-9-8-11-6-4-5-7-12(11)10-13/h11-14,18H,3-10H2,1-2H3. The normalized spacial score (nSPS) is 30.9. The van der Waals surface area contributed by atoms with Crippen molar-refractivity contribution in [2.24, 2.45) is 24.8 Å². The zero-order valence-electron chi connectivity index (χ0n) is 13.2. The predicted octanol–water partition coefficient (Wildman–Crippen LogP) is 3.83. The van der Waals surface area contributed by atoms with Gasteiger partial charge in [0, 0.05) is 7.05 Å². The summed E-state index contributed by atoms with van der Waals surface area (Å²) >= 11 is 3.59. The van der Waals surface area contributed by atoms with Crippen molar-refractivity contribution in [2.45, 2.75) is 57.9 Å². The number of aromatic nitrogens is 3. The van der Waals surface area contributed by atoms with Crippen molar-refractivity contribution in [2.75, 3.05) is 6.54 Å². The first-order chi connectivity index (χ1) is 10.2. The van der Waals surface area contributed by atoms with E-state index in [-0.39, 0.29) is 0 Å². The summed E-state index contributed by atoms with van der Waals surface area (Å²) in [6.45, 7) is 3.18. The molecule has 1 aromatic rings. The van der Waals surface area contributed by atoms with Crippen molar-refractivity contribution in [1.82, 2.24) is 20.3 Å². The Kier molecular flexibility index (Phi) is 4.99. The van der Waals surface area contributed by atoms with E-state index in [9.17, 15) is 0 Å². The minimum atomic E-state index is 0.382. The first-order valence-corrected chi connectivity index (χ1v) is 9.28. The Morgan fingerprint density at radius 1 is 1.24 bits per heavy atom. The van der Waals surface area contributed by atoms with E-state index >= 15 is 0 Å². The van der Waals surface area contributed by atoms with Crippen molar-refractivity contribution in [3.63, 3.8) is 0 Å². The van der Waals surface area contributed by atoms with Crippen LogP contribution in [0.4, 0.5) is 0 Å². The number of fused-ring (bicyclic) bond motifs is 1. The fraction of sp³-hybridized carbons (Fsp3) is 0.875. The van der Waals surface area contributed by atoms with Crippen molar-refractivity contribution in [3.8, 4) is 0 Å². The zero-order valence-corrected chi connectivity index (χ0v) is 14.8. The number of nitrogens with one attached hydrogen (secondary N) is 1. The summed E-state index contributed by atoms with van der Waals surface area (Å²) < 4.78 is 2.84. The molecule has 2 fully saturated rings. The maximum absolute atomic E-state index is 4.19. The van der Waals surface area contributed by atoms with E-state index in [1.165, 1.54) is 50.6 Å². The summed E-state index contributed by atoms with van der Waals surface area (Å²) in [4.78, 5) is 0. The van der Waals surface area contributed by atoms with Crippen molar-refractivity contribution in [3.05, 3.63) is 10.3 Å². The first-order valence-electron chi connectivity index (χ1n) is 8.49.